The molecule has 0 amide bonds. The van der Waals surface area contributed by atoms with Crippen LogP contribution in [-0.2, 0) is 6.18 Å². The minimum Gasteiger partial charge on any atom is -0.348 e. The molecule has 1 saturated heterocycles. The summed E-state index contributed by atoms with van der Waals surface area (Å²) in [6, 6.07) is 0. The second kappa shape index (κ2) is 4.00. The number of halogens is 3. The highest BCUT2D eigenvalue weighted by Gasteiger charge is 2.34. The summed E-state index contributed by atoms with van der Waals surface area (Å²) < 4.78 is 37.0. The average Bonchev–Trinajstić information content (AvgIpc) is 2.67. The van der Waals surface area contributed by atoms with Crippen molar-refractivity contribution >= 4 is 16.5 Å². The lowest BCUT2D eigenvalue weighted by Gasteiger charge is -2.25. The maximum absolute atomic E-state index is 12.3. The lowest BCUT2D eigenvalue weighted by Crippen LogP contribution is -2.29. The maximum Gasteiger partial charge on any atom is 0.427 e. The quantitative estimate of drug-likeness (QED) is 0.744. The highest BCUT2D eigenvalue weighted by atomic mass is 32.1. The molecular weight excluding hydrogens is 225 g/mol. The number of thiazole rings is 1. The van der Waals surface area contributed by atoms with Gasteiger partial charge >= 0.3 is 6.18 Å². The van der Waals surface area contributed by atoms with E-state index in [0.717, 1.165) is 49.9 Å². The van der Waals surface area contributed by atoms with E-state index in [1.807, 2.05) is 4.90 Å². The van der Waals surface area contributed by atoms with Gasteiger partial charge in [-0.3, -0.25) is 0 Å². The molecule has 1 aliphatic rings. The van der Waals surface area contributed by atoms with E-state index in [-0.39, 0.29) is 0 Å². The number of hydrogen-bond acceptors (Lipinski definition) is 3. The second-order valence-electron chi connectivity index (χ2n) is 3.55. The van der Waals surface area contributed by atoms with Crippen molar-refractivity contribution in [3.8, 4) is 0 Å². The molecule has 0 unspecified atom stereocenters. The van der Waals surface area contributed by atoms with Gasteiger partial charge in [-0.05, 0) is 19.3 Å². The molecule has 84 valence electrons. The van der Waals surface area contributed by atoms with E-state index >= 15 is 0 Å². The van der Waals surface area contributed by atoms with Gasteiger partial charge in [0.15, 0.2) is 5.13 Å². The van der Waals surface area contributed by atoms with Gasteiger partial charge in [0.1, 0.15) is 4.88 Å². The molecule has 0 bridgehead atoms. The van der Waals surface area contributed by atoms with E-state index in [4.69, 9.17) is 0 Å². The maximum atomic E-state index is 12.3. The van der Waals surface area contributed by atoms with Gasteiger partial charge in [-0.15, -0.1) is 0 Å². The zero-order chi connectivity index (χ0) is 10.9. The van der Waals surface area contributed by atoms with Crippen molar-refractivity contribution in [2.45, 2.75) is 25.4 Å². The van der Waals surface area contributed by atoms with Gasteiger partial charge in [0.2, 0.25) is 0 Å². The number of hydrogen-bond donors (Lipinski definition) is 0. The van der Waals surface area contributed by atoms with Crippen LogP contribution in [0.2, 0.25) is 0 Å². The van der Waals surface area contributed by atoms with Crippen LogP contribution in [0.15, 0.2) is 6.20 Å². The zero-order valence-electron chi connectivity index (χ0n) is 8.05. The number of rotatable bonds is 1. The summed E-state index contributed by atoms with van der Waals surface area (Å²) in [5.74, 6) is 0. The first kappa shape index (κ1) is 10.7. The molecule has 6 heteroatoms. The third kappa shape index (κ3) is 2.42. The Kier molecular flexibility index (Phi) is 2.86. The monoisotopic (exact) mass is 236 g/mol. The Bertz CT molecular complexity index is 328. The molecule has 0 radical (unpaired) electrons. The number of anilines is 1. The molecule has 2 heterocycles. The molecule has 0 atom stereocenters. The lowest BCUT2D eigenvalue weighted by molar-refractivity contribution is -0.134. The fourth-order valence-corrected chi connectivity index (χ4v) is 2.46. The van der Waals surface area contributed by atoms with Crippen LogP contribution in [0.4, 0.5) is 18.3 Å². The summed E-state index contributed by atoms with van der Waals surface area (Å²) in [5.41, 5.74) is 0. The molecule has 1 aliphatic heterocycles. The summed E-state index contributed by atoms with van der Waals surface area (Å²) in [6.45, 7) is 1.65. The third-order valence-corrected chi connectivity index (χ3v) is 3.50. The molecule has 1 fully saturated rings. The zero-order valence-corrected chi connectivity index (χ0v) is 8.87. The van der Waals surface area contributed by atoms with Crippen molar-refractivity contribution in [1.82, 2.24) is 4.98 Å². The van der Waals surface area contributed by atoms with Gasteiger partial charge in [0.25, 0.3) is 0 Å². The van der Waals surface area contributed by atoms with Gasteiger partial charge in [0, 0.05) is 13.1 Å². The highest BCUT2D eigenvalue weighted by molar-refractivity contribution is 7.15. The Morgan fingerprint density at radius 2 is 1.87 bits per heavy atom. The summed E-state index contributed by atoms with van der Waals surface area (Å²) in [6.07, 6.45) is -0.0871. The minimum absolute atomic E-state index is 0.502. The van der Waals surface area contributed by atoms with E-state index < -0.39 is 11.1 Å². The topological polar surface area (TPSA) is 16.1 Å². The van der Waals surface area contributed by atoms with Crippen molar-refractivity contribution < 1.29 is 13.2 Å². The van der Waals surface area contributed by atoms with Crippen LogP contribution in [0.25, 0.3) is 0 Å². The van der Waals surface area contributed by atoms with E-state index in [9.17, 15) is 13.2 Å². The van der Waals surface area contributed by atoms with Gasteiger partial charge in [-0.2, -0.15) is 13.2 Å². The molecule has 2 nitrogen and oxygen atoms in total. The number of nitrogens with zero attached hydrogens (tertiary/aromatic N) is 2. The lowest BCUT2D eigenvalue weighted by atomic mass is 10.1. The van der Waals surface area contributed by atoms with E-state index in [1.54, 1.807) is 0 Å². The normalized spacial score (nSPS) is 18.2. The Morgan fingerprint density at radius 1 is 1.20 bits per heavy atom. The van der Waals surface area contributed by atoms with Gasteiger partial charge in [0.05, 0.1) is 6.20 Å². The van der Waals surface area contributed by atoms with Crippen LogP contribution >= 0.6 is 11.3 Å². The van der Waals surface area contributed by atoms with E-state index in [1.165, 1.54) is 0 Å². The summed E-state index contributed by atoms with van der Waals surface area (Å²) in [5, 5.41) is 0.502. The standard InChI is InChI=1S/C9H11F3N2S/c10-9(11,12)7-6-13-8(15-7)14-4-2-1-3-5-14/h6H,1-5H2. The van der Waals surface area contributed by atoms with E-state index in [0.29, 0.717) is 5.13 Å². The largest absolute Gasteiger partial charge is 0.427 e. The molecule has 0 aromatic carbocycles. The van der Waals surface area contributed by atoms with Crippen LogP contribution in [0.5, 0.6) is 0 Å². The van der Waals surface area contributed by atoms with Crippen LogP contribution in [0.1, 0.15) is 24.1 Å². The Morgan fingerprint density at radius 3 is 2.40 bits per heavy atom. The molecule has 1 aromatic heterocycles. The van der Waals surface area contributed by atoms with Crippen molar-refractivity contribution in [1.29, 1.82) is 0 Å². The predicted octanol–water partition coefficient (Wildman–Crippen LogP) is 3.15. The summed E-state index contributed by atoms with van der Waals surface area (Å²) in [4.78, 5) is 5.16. The van der Waals surface area contributed by atoms with Crippen LogP contribution < -0.4 is 4.90 Å². The van der Waals surface area contributed by atoms with Crippen molar-refractivity contribution in [3.63, 3.8) is 0 Å². The van der Waals surface area contributed by atoms with Gasteiger partial charge in [-0.1, -0.05) is 11.3 Å². The minimum atomic E-state index is -4.26. The SMILES string of the molecule is FC(F)(F)c1cnc(N2CCCCC2)s1. The highest BCUT2D eigenvalue weighted by Crippen LogP contribution is 2.36. The number of aromatic nitrogens is 1. The van der Waals surface area contributed by atoms with E-state index in [2.05, 4.69) is 4.98 Å². The predicted molar refractivity (Wildman–Crippen MR) is 53.2 cm³/mol. The molecule has 2 rings (SSSR count). The summed E-state index contributed by atoms with van der Waals surface area (Å²) in [7, 11) is 0. The molecule has 0 spiro atoms. The summed E-state index contributed by atoms with van der Waals surface area (Å²) >= 11 is 0.736. The van der Waals surface area contributed by atoms with Crippen LogP contribution in [0.3, 0.4) is 0 Å². The van der Waals surface area contributed by atoms with Crippen LogP contribution in [-0.4, -0.2) is 18.1 Å². The number of piperidine rings is 1. The fraction of sp³-hybridized carbons (Fsp3) is 0.667. The van der Waals surface area contributed by atoms with Gasteiger partial charge < -0.3 is 4.90 Å². The van der Waals surface area contributed by atoms with Gasteiger partial charge in [-0.25, -0.2) is 4.98 Å². The molecule has 0 N–H and O–H groups in total. The average molecular weight is 236 g/mol. The Hall–Kier alpha value is -0.780. The first-order chi connectivity index (χ1) is 7.07. The first-order valence-electron chi connectivity index (χ1n) is 4.85. The second-order valence-corrected chi connectivity index (χ2v) is 4.56. The third-order valence-electron chi connectivity index (χ3n) is 2.40. The molecule has 15 heavy (non-hydrogen) atoms. The first-order valence-corrected chi connectivity index (χ1v) is 5.67. The number of alkyl halides is 3. The Labute approximate surface area is 89.7 Å². The fourth-order valence-electron chi connectivity index (χ4n) is 1.63. The van der Waals surface area contributed by atoms with Crippen molar-refractivity contribution in [3.05, 3.63) is 11.1 Å². The molecule has 1 aromatic rings. The van der Waals surface area contributed by atoms with Crippen molar-refractivity contribution in [2.75, 3.05) is 18.0 Å². The van der Waals surface area contributed by atoms with Crippen LogP contribution in [0, 0.1) is 0 Å². The smallest absolute Gasteiger partial charge is 0.348 e. The van der Waals surface area contributed by atoms with Crippen molar-refractivity contribution in [2.24, 2.45) is 0 Å². The molecule has 0 saturated carbocycles. The molecule has 0 aliphatic carbocycles. The molecular formula is C9H11F3N2S. The Balaban J connectivity index is 2.12.